The fourth-order valence-corrected chi connectivity index (χ4v) is 1.93. The van der Waals surface area contributed by atoms with Crippen LogP contribution in [0.25, 0.3) is 0 Å². The van der Waals surface area contributed by atoms with Crippen LogP contribution in [0.4, 0.5) is 0 Å². The van der Waals surface area contributed by atoms with Crippen molar-refractivity contribution in [3.8, 4) is 17.6 Å². The Kier molecular flexibility index (Phi) is 5.92. The summed E-state index contributed by atoms with van der Waals surface area (Å²) in [7, 11) is 1.51. The summed E-state index contributed by atoms with van der Waals surface area (Å²) in [5.74, 6) is 0.672. The van der Waals surface area contributed by atoms with Crippen LogP contribution < -0.4 is 14.9 Å². The number of carbonyl (C=O) groups is 1. The molecule has 24 heavy (non-hydrogen) atoms. The van der Waals surface area contributed by atoms with Gasteiger partial charge in [-0.1, -0.05) is 17.7 Å². The molecule has 0 saturated carbocycles. The van der Waals surface area contributed by atoms with E-state index in [1.54, 1.807) is 30.3 Å². The largest absolute Gasteiger partial charge is 0.493 e. The van der Waals surface area contributed by atoms with Gasteiger partial charge in [0.25, 0.3) is 5.91 Å². The summed E-state index contributed by atoms with van der Waals surface area (Å²) in [6.45, 7) is 1.90. The zero-order chi connectivity index (χ0) is 17.4. The molecule has 1 amide bonds. The van der Waals surface area contributed by atoms with E-state index in [4.69, 9.17) is 14.7 Å². The van der Waals surface area contributed by atoms with Gasteiger partial charge in [-0.15, -0.1) is 0 Å². The van der Waals surface area contributed by atoms with Crippen LogP contribution in [0.5, 0.6) is 11.5 Å². The maximum absolute atomic E-state index is 11.9. The predicted molar refractivity (Wildman–Crippen MR) is 90.3 cm³/mol. The molecular weight excluding hydrogens is 306 g/mol. The molecule has 0 aromatic heterocycles. The first-order valence-electron chi connectivity index (χ1n) is 7.22. The van der Waals surface area contributed by atoms with Crippen LogP contribution in [0.2, 0.25) is 0 Å². The van der Waals surface area contributed by atoms with Gasteiger partial charge in [0.05, 0.1) is 13.3 Å². The smallest absolute Gasteiger partial charge is 0.271 e. The number of aryl methyl sites for hydroxylation is 1. The number of amides is 1. The van der Waals surface area contributed by atoms with Gasteiger partial charge in [-0.2, -0.15) is 10.4 Å². The lowest BCUT2D eigenvalue weighted by atomic mass is 10.1. The molecule has 0 atom stereocenters. The van der Waals surface area contributed by atoms with E-state index in [1.807, 2.05) is 25.1 Å². The van der Waals surface area contributed by atoms with Crippen molar-refractivity contribution < 1.29 is 14.3 Å². The van der Waals surface area contributed by atoms with Gasteiger partial charge in [-0.05, 0) is 42.8 Å². The van der Waals surface area contributed by atoms with Crippen molar-refractivity contribution in [2.45, 2.75) is 6.92 Å². The SMILES string of the molecule is COc1cc(/C=N\NC(=O)c2ccc(C)cc2)ccc1OCC#N. The van der Waals surface area contributed by atoms with E-state index in [1.165, 1.54) is 13.3 Å². The molecule has 0 saturated heterocycles. The molecule has 0 radical (unpaired) electrons. The number of hydrazone groups is 1. The lowest BCUT2D eigenvalue weighted by molar-refractivity contribution is 0.0955. The summed E-state index contributed by atoms with van der Waals surface area (Å²) >= 11 is 0. The molecule has 2 aromatic carbocycles. The highest BCUT2D eigenvalue weighted by Gasteiger charge is 2.05. The van der Waals surface area contributed by atoms with Crippen molar-refractivity contribution >= 4 is 12.1 Å². The first kappa shape index (κ1) is 17.0. The maximum Gasteiger partial charge on any atom is 0.271 e. The molecule has 0 fully saturated rings. The topological polar surface area (TPSA) is 83.7 Å². The molecule has 1 N–H and O–H groups in total. The quantitative estimate of drug-likeness (QED) is 0.654. The highest BCUT2D eigenvalue weighted by Crippen LogP contribution is 2.27. The van der Waals surface area contributed by atoms with Crippen LogP contribution in [0.1, 0.15) is 21.5 Å². The second-order valence-corrected chi connectivity index (χ2v) is 4.92. The van der Waals surface area contributed by atoms with Crippen molar-refractivity contribution in [3.63, 3.8) is 0 Å². The minimum Gasteiger partial charge on any atom is -0.493 e. The standard InChI is InChI=1S/C18H17N3O3/c1-13-3-6-15(7-4-13)18(22)21-20-12-14-5-8-16(24-10-9-19)17(11-14)23-2/h3-8,11-12H,10H2,1-2H3,(H,21,22)/b20-12-. The Morgan fingerprint density at radius 2 is 2.00 bits per heavy atom. The van der Waals surface area contributed by atoms with Crippen LogP contribution in [0.15, 0.2) is 47.6 Å². The Morgan fingerprint density at radius 3 is 2.67 bits per heavy atom. The van der Waals surface area contributed by atoms with Gasteiger partial charge in [0, 0.05) is 5.56 Å². The van der Waals surface area contributed by atoms with Crippen molar-refractivity contribution in [3.05, 3.63) is 59.2 Å². The molecule has 0 bridgehead atoms. The van der Waals surface area contributed by atoms with Crippen molar-refractivity contribution in [1.29, 1.82) is 5.26 Å². The van der Waals surface area contributed by atoms with E-state index in [0.717, 1.165) is 11.1 Å². The van der Waals surface area contributed by atoms with Gasteiger partial charge in [-0.25, -0.2) is 5.43 Å². The van der Waals surface area contributed by atoms with Gasteiger partial charge in [0.1, 0.15) is 6.07 Å². The maximum atomic E-state index is 11.9. The number of nitriles is 1. The Bertz CT molecular complexity index is 777. The Balaban J connectivity index is 2.02. The number of benzene rings is 2. The number of hydrogen-bond acceptors (Lipinski definition) is 5. The molecule has 0 heterocycles. The summed E-state index contributed by atoms with van der Waals surface area (Å²) in [5.41, 5.74) is 4.81. The molecule has 0 aliphatic heterocycles. The first-order chi connectivity index (χ1) is 11.6. The normalized spacial score (nSPS) is 10.2. The van der Waals surface area contributed by atoms with E-state index < -0.39 is 0 Å². The molecule has 6 heteroatoms. The number of hydrogen-bond donors (Lipinski definition) is 1. The number of carbonyl (C=O) groups excluding carboxylic acids is 1. The number of nitrogens with zero attached hydrogens (tertiary/aromatic N) is 2. The summed E-state index contributed by atoms with van der Waals surface area (Å²) in [4.78, 5) is 11.9. The minimum atomic E-state index is -0.285. The van der Waals surface area contributed by atoms with Gasteiger partial charge in [-0.3, -0.25) is 4.79 Å². The monoisotopic (exact) mass is 323 g/mol. The lowest BCUT2D eigenvalue weighted by Crippen LogP contribution is -2.17. The molecule has 0 aliphatic rings. The minimum absolute atomic E-state index is 0.0591. The number of nitrogens with one attached hydrogen (secondary N) is 1. The molecule has 0 spiro atoms. The fraction of sp³-hybridized carbons (Fsp3) is 0.167. The number of ether oxygens (including phenoxy) is 2. The summed E-state index contributed by atoms with van der Waals surface area (Å²) in [6, 6.07) is 14.2. The zero-order valence-corrected chi connectivity index (χ0v) is 13.4. The van der Waals surface area contributed by atoms with Crippen LogP contribution in [-0.2, 0) is 0 Å². The average Bonchev–Trinajstić information content (AvgIpc) is 2.60. The molecule has 0 aliphatic carbocycles. The van der Waals surface area contributed by atoms with E-state index in [9.17, 15) is 4.79 Å². The highest BCUT2D eigenvalue weighted by atomic mass is 16.5. The van der Waals surface area contributed by atoms with Gasteiger partial charge >= 0.3 is 0 Å². The molecule has 2 rings (SSSR count). The molecule has 6 nitrogen and oxygen atoms in total. The predicted octanol–water partition coefficient (Wildman–Crippen LogP) is 2.67. The Hall–Kier alpha value is -3.33. The third-order valence-electron chi connectivity index (χ3n) is 3.17. The van der Waals surface area contributed by atoms with Crippen molar-refractivity contribution in [2.75, 3.05) is 13.7 Å². The average molecular weight is 323 g/mol. The second-order valence-electron chi connectivity index (χ2n) is 4.92. The molecular formula is C18H17N3O3. The number of methoxy groups -OCH3 is 1. The summed E-state index contributed by atoms with van der Waals surface area (Å²) in [6.07, 6.45) is 1.50. The highest BCUT2D eigenvalue weighted by molar-refractivity contribution is 5.94. The van der Waals surface area contributed by atoms with Crippen LogP contribution in [0.3, 0.4) is 0 Å². The van der Waals surface area contributed by atoms with Crippen LogP contribution >= 0.6 is 0 Å². The van der Waals surface area contributed by atoms with E-state index >= 15 is 0 Å². The van der Waals surface area contributed by atoms with Crippen LogP contribution in [0, 0.1) is 18.3 Å². The van der Waals surface area contributed by atoms with Crippen molar-refractivity contribution in [1.82, 2.24) is 5.43 Å². The first-order valence-corrected chi connectivity index (χ1v) is 7.22. The fourth-order valence-electron chi connectivity index (χ4n) is 1.93. The van der Waals surface area contributed by atoms with Gasteiger partial charge in [0.2, 0.25) is 0 Å². The van der Waals surface area contributed by atoms with Gasteiger partial charge in [0.15, 0.2) is 18.1 Å². The van der Waals surface area contributed by atoms with Crippen molar-refractivity contribution in [2.24, 2.45) is 5.10 Å². The Labute approximate surface area is 140 Å². The second kappa shape index (κ2) is 8.34. The number of rotatable bonds is 6. The Morgan fingerprint density at radius 1 is 1.25 bits per heavy atom. The van der Waals surface area contributed by atoms with E-state index in [2.05, 4.69) is 10.5 Å². The third kappa shape index (κ3) is 4.58. The zero-order valence-electron chi connectivity index (χ0n) is 13.4. The van der Waals surface area contributed by atoms with E-state index in [-0.39, 0.29) is 12.5 Å². The van der Waals surface area contributed by atoms with Crippen LogP contribution in [-0.4, -0.2) is 25.8 Å². The van der Waals surface area contributed by atoms with Gasteiger partial charge < -0.3 is 9.47 Å². The third-order valence-corrected chi connectivity index (χ3v) is 3.17. The molecule has 0 unspecified atom stereocenters. The lowest BCUT2D eigenvalue weighted by Gasteiger charge is -2.08. The molecule has 122 valence electrons. The van der Waals surface area contributed by atoms with E-state index in [0.29, 0.717) is 17.1 Å². The molecule has 2 aromatic rings. The summed E-state index contributed by atoms with van der Waals surface area (Å²) < 4.78 is 10.4. The summed E-state index contributed by atoms with van der Waals surface area (Å²) in [5, 5.41) is 12.5.